The third-order valence-electron chi connectivity index (χ3n) is 2.68. The second-order valence-electron chi connectivity index (χ2n) is 4.27. The van der Waals surface area contributed by atoms with Gasteiger partial charge in [0.1, 0.15) is 29.8 Å². The molecule has 9 nitrogen and oxygen atoms in total. The van der Waals surface area contributed by atoms with Crippen LogP contribution >= 0.6 is 0 Å². The molecule has 0 unspecified atom stereocenters. The Bertz CT molecular complexity index is 439. The summed E-state index contributed by atoms with van der Waals surface area (Å²) in [6, 6.07) is 5.70. The van der Waals surface area contributed by atoms with Crippen molar-refractivity contribution in [3.8, 4) is 11.5 Å². The largest absolute Gasteiger partial charge is 0.508 e. The fourth-order valence-corrected chi connectivity index (χ4v) is 1.52. The van der Waals surface area contributed by atoms with E-state index in [4.69, 9.17) is 35.7 Å². The zero-order chi connectivity index (χ0) is 16.2. The first-order valence-corrected chi connectivity index (χ1v) is 5.82. The highest BCUT2D eigenvalue weighted by molar-refractivity contribution is 5.73. The van der Waals surface area contributed by atoms with E-state index in [0.29, 0.717) is 0 Å². The summed E-state index contributed by atoms with van der Waals surface area (Å²) in [5.74, 6) is -1.18. The second kappa shape index (κ2) is 7.20. The second-order valence-corrected chi connectivity index (χ2v) is 4.27. The standard InChI is InChI=1S/C6H10O7.C6H6O2/c7-1-2(8)4(5(10)11)13-6(12)3(1)9;7-5-1-2-6(8)4-3-5/h1-4,6-9,12H,(H,10,11);1-4,7-8H/t1-,2-,3+,4-,6+;/m0./s1. The maximum Gasteiger partial charge on any atom is 0.335 e. The topological polar surface area (TPSA) is 168 Å². The Balaban J connectivity index is 0.000000235. The van der Waals surface area contributed by atoms with Crippen LogP contribution in [-0.2, 0) is 9.53 Å². The van der Waals surface area contributed by atoms with Gasteiger partial charge in [-0.1, -0.05) is 0 Å². The number of hydrogen-bond donors (Lipinski definition) is 7. The predicted octanol–water partition coefficient (Wildman–Crippen LogP) is -2.03. The maximum absolute atomic E-state index is 10.4. The molecule has 1 saturated heterocycles. The Kier molecular flexibility index (Phi) is 5.88. The van der Waals surface area contributed by atoms with Crippen molar-refractivity contribution in [3.05, 3.63) is 24.3 Å². The molecule has 21 heavy (non-hydrogen) atoms. The molecule has 1 aromatic carbocycles. The van der Waals surface area contributed by atoms with Crippen molar-refractivity contribution in [2.75, 3.05) is 0 Å². The molecule has 0 saturated carbocycles. The van der Waals surface area contributed by atoms with Gasteiger partial charge in [-0.25, -0.2) is 4.79 Å². The summed E-state index contributed by atoms with van der Waals surface area (Å²) in [6.45, 7) is 0. The summed E-state index contributed by atoms with van der Waals surface area (Å²) < 4.78 is 4.34. The molecule has 118 valence electrons. The van der Waals surface area contributed by atoms with Crippen molar-refractivity contribution in [2.24, 2.45) is 0 Å². The van der Waals surface area contributed by atoms with Crippen LogP contribution in [0, 0.1) is 0 Å². The van der Waals surface area contributed by atoms with Crippen molar-refractivity contribution in [1.29, 1.82) is 0 Å². The zero-order valence-electron chi connectivity index (χ0n) is 10.6. The van der Waals surface area contributed by atoms with Gasteiger partial charge < -0.3 is 40.5 Å². The monoisotopic (exact) mass is 304 g/mol. The zero-order valence-corrected chi connectivity index (χ0v) is 10.6. The fraction of sp³-hybridized carbons (Fsp3) is 0.417. The van der Waals surface area contributed by atoms with Crippen LogP contribution in [0.15, 0.2) is 24.3 Å². The first-order chi connectivity index (χ1) is 9.73. The molecule has 9 heteroatoms. The summed E-state index contributed by atoms with van der Waals surface area (Å²) in [7, 11) is 0. The van der Waals surface area contributed by atoms with Gasteiger partial charge in [-0.3, -0.25) is 0 Å². The van der Waals surface area contributed by atoms with Crippen LogP contribution in [0.4, 0.5) is 0 Å². The SMILES string of the molecule is O=C(O)[C@H]1O[C@@H](O)[C@H](O)[C@@H](O)[C@@H]1O.Oc1ccc(O)cc1. The fourth-order valence-electron chi connectivity index (χ4n) is 1.52. The van der Waals surface area contributed by atoms with Gasteiger partial charge in [0, 0.05) is 0 Å². The normalized spacial score (nSPS) is 31.9. The van der Waals surface area contributed by atoms with Crippen molar-refractivity contribution in [3.63, 3.8) is 0 Å². The van der Waals surface area contributed by atoms with Crippen LogP contribution in [0.3, 0.4) is 0 Å². The van der Waals surface area contributed by atoms with Gasteiger partial charge in [-0.15, -0.1) is 0 Å². The number of hydrogen-bond acceptors (Lipinski definition) is 8. The van der Waals surface area contributed by atoms with E-state index in [1.165, 1.54) is 24.3 Å². The Morgan fingerprint density at radius 3 is 1.67 bits per heavy atom. The molecule has 0 aromatic heterocycles. The lowest BCUT2D eigenvalue weighted by molar-refractivity contribution is -0.279. The maximum atomic E-state index is 10.4. The minimum atomic E-state index is -1.81. The lowest BCUT2D eigenvalue weighted by Crippen LogP contribution is -2.59. The molecule has 1 fully saturated rings. The van der Waals surface area contributed by atoms with Crippen molar-refractivity contribution in [2.45, 2.75) is 30.7 Å². The number of benzene rings is 1. The summed E-state index contributed by atoms with van der Waals surface area (Å²) in [4.78, 5) is 10.4. The van der Waals surface area contributed by atoms with Crippen molar-refractivity contribution in [1.82, 2.24) is 0 Å². The van der Waals surface area contributed by atoms with E-state index in [-0.39, 0.29) is 11.5 Å². The number of aliphatic hydroxyl groups is 4. The van der Waals surface area contributed by atoms with E-state index < -0.39 is 36.7 Å². The van der Waals surface area contributed by atoms with Gasteiger partial charge in [0.25, 0.3) is 0 Å². The van der Waals surface area contributed by atoms with E-state index in [1.54, 1.807) is 0 Å². The predicted molar refractivity (Wildman–Crippen MR) is 66.3 cm³/mol. The van der Waals surface area contributed by atoms with Crippen LogP contribution in [-0.4, -0.2) is 72.4 Å². The average Bonchev–Trinajstić information content (AvgIpc) is 2.44. The number of carbonyl (C=O) groups is 1. The molecule has 7 N–H and O–H groups in total. The molecule has 1 aliphatic heterocycles. The van der Waals surface area contributed by atoms with E-state index >= 15 is 0 Å². The number of aliphatic carboxylic acids is 1. The van der Waals surface area contributed by atoms with Crippen molar-refractivity contribution < 1.29 is 45.3 Å². The van der Waals surface area contributed by atoms with Gasteiger partial charge in [0.05, 0.1) is 0 Å². The Labute approximate surface area is 118 Å². The van der Waals surface area contributed by atoms with Gasteiger partial charge in [0.2, 0.25) is 0 Å². The lowest BCUT2D eigenvalue weighted by atomic mass is 9.99. The van der Waals surface area contributed by atoms with Crippen LogP contribution in [0.1, 0.15) is 0 Å². The molecular weight excluding hydrogens is 288 g/mol. The molecular formula is C12H16O9. The molecule has 0 amide bonds. The number of aliphatic hydroxyl groups excluding tert-OH is 4. The third kappa shape index (κ3) is 4.55. The summed E-state index contributed by atoms with van der Waals surface area (Å²) in [5.41, 5.74) is 0. The summed E-state index contributed by atoms with van der Waals surface area (Å²) >= 11 is 0. The third-order valence-corrected chi connectivity index (χ3v) is 2.68. The quantitative estimate of drug-likeness (QED) is 0.289. The van der Waals surface area contributed by atoms with Crippen LogP contribution in [0.5, 0.6) is 11.5 Å². The Morgan fingerprint density at radius 1 is 0.857 bits per heavy atom. The number of ether oxygens (including phenoxy) is 1. The number of rotatable bonds is 1. The highest BCUT2D eigenvalue weighted by atomic mass is 16.6. The Hall–Kier alpha value is -1.91. The van der Waals surface area contributed by atoms with Gasteiger partial charge in [-0.2, -0.15) is 0 Å². The summed E-state index contributed by atoms with van der Waals surface area (Å²) in [5, 5.41) is 61.7. The van der Waals surface area contributed by atoms with E-state index in [2.05, 4.69) is 4.74 Å². The number of aromatic hydroxyl groups is 2. The molecule has 1 aliphatic rings. The number of carboxylic acids is 1. The van der Waals surface area contributed by atoms with E-state index in [9.17, 15) is 4.79 Å². The molecule has 0 spiro atoms. The molecule has 0 bridgehead atoms. The van der Waals surface area contributed by atoms with Gasteiger partial charge >= 0.3 is 5.97 Å². The molecule has 0 radical (unpaired) electrons. The molecule has 1 aromatic rings. The molecule has 5 atom stereocenters. The van der Waals surface area contributed by atoms with Crippen molar-refractivity contribution >= 4 is 5.97 Å². The van der Waals surface area contributed by atoms with Gasteiger partial charge in [0.15, 0.2) is 12.4 Å². The van der Waals surface area contributed by atoms with Crippen LogP contribution in [0.2, 0.25) is 0 Å². The molecule has 0 aliphatic carbocycles. The minimum absolute atomic E-state index is 0.169. The molecule has 2 rings (SSSR count). The first-order valence-electron chi connectivity index (χ1n) is 5.82. The highest BCUT2D eigenvalue weighted by Crippen LogP contribution is 2.19. The number of phenols is 2. The summed E-state index contributed by atoms with van der Waals surface area (Å²) in [6.07, 6.45) is -8.72. The van der Waals surface area contributed by atoms with Crippen LogP contribution < -0.4 is 0 Å². The minimum Gasteiger partial charge on any atom is -0.508 e. The molecule has 1 heterocycles. The highest BCUT2D eigenvalue weighted by Gasteiger charge is 2.46. The van der Waals surface area contributed by atoms with E-state index in [0.717, 1.165) is 0 Å². The number of carboxylic acid groups (broad SMARTS) is 1. The van der Waals surface area contributed by atoms with E-state index in [1.807, 2.05) is 0 Å². The average molecular weight is 304 g/mol. The first kappa shape index (κ1) is 17.1. The van der Waals surface area contributed by atoms with Crippen LogP contribution in [0.25, 0.3) is 0 Å². The lowest BCUT2D eigenvalue weighted by Gasteiger charge is -2.36. The smallest absolute Gasteiger partial charge is 0.335 e. The Morgan fingerprint density at radius 2 is 1.29 bits per heavy atom. The van der Waals surface area contributed by atoms with Gasteiger partial charge in [-0.05, 0) is 24.3 Å². The number of phenolic OH excluding ortho intramolecular Hbond substituents is 2.